The second-order valence-electron chi connectivity index (χ2n) is 5.94. The van der Waals surface area contributed by atoms with Crippen LogP contribution in [0.4, 0.5) is 14.9 Å². The zero-order valence-electron chi connectivity index (χ0n) is 13.7. The highest BCUT2D eigenvalue weighted by Crippen LogP contribution is 2.31. The molecule has 0 radical (unpaired) electrons. The Morgan fingerprint density at radius 1 is 1.43 bits per heavy atom. The summed E-state index contributed by atoms with van der Waals surface area (Å²) in [7, 11) is 1.58. The third-order valence-corrected chi connectivity index (χ3v) is 4.74. The lowest BCUT2D eigenvalue weighted by Gasteiger charge is -2.37. The van der Waals surface area contributed by atoms with E-state index in [0.717, 1.165) is 5.75 Å². The van der Waals surface area contributed by atoms with Gasteiger partial charge in [0, 0.05) is 36.8 Å². The minimum Gasteiger partial charge on any atom is -0.489 e. The van der Waals surface area contributed by atoms with E-state index < -0.39 is 5.82 Å². The van der Waals surface area contributed by atoms with Crippen molar-refractivity contribution in [3.05, 3.63) is 24.0 Å². The summed E-state index contributed by atoms with van der Waals surface area (Å²) in [5, 5.41) is 2.76. The van der Waals surface area contributed by atoms with Gasteiger partial charge in [-0.1, -0.05) is 0 Å². The summed E-state index contributed by atoms with van der Waals surface area (Å²) in [5.41, 5.74) is 0.335. The minimum absolute atomic E-state index is 0.0231. The Morgan fingerprint density at radius 3 is 2.91 bits per heavy atom. The molecular weight excluding hydrogens is 319 g/mol. The molecule has 0 bridgehead atoms. The van der Waals surface area contributed by atoms with Gasteiger partial charge in [0.1, 0.15) is 18.2 Å². The summed E-state index contributed by atoms with van der Waals surface area (Å²) < 4.78 is 24.0. The first-order valence-electron chi connectivity index (χ1n) is 7.52. The van der Waals surface area contributed by atoms with E-state index in [9.17, 15) is 9.18 Å². The highest BCUT2D eigenvalue weighted by molar-refractivity contribution is 8.00. The number of thioether (sulfide) groups is 1. The number of nitrogens with one attached hydrogen (secondary N) is 1. The monoisotopic (exact) mass is 342 g/mol. The lowest BCUT2D eigenvalue weighted by molar-refractivity contribution is 0.146. The van der Waals surface area contributed by atoms with Crippen molar-refractivity contribution in [2.45, 2.75) is 18.6 Å². The first-order valence-corrected chi connectivity index (χ1v) is 8.51. The SMILES string of the molecule is COCCOc1ccc(F)cc1NC(=O)N1CCSC(C)(C)C1. The maximum absolute atomic E-state index is 13.5. The minimum atomic E-state index is -0.422. The van der Waals surface area contributed by atoms with Crippen LogP contribution in [0.15, 0.2) is 18.2 Å². The Bertz CT molecular complexity index is 554. The maximum atomic E-state index is 13.5. The van der Waals surface area contributed by atoms with Crippen molar-refractivity contribution >= 4 is 23.5 Å². The summed E-state index contributed by atoms with van der Waals surface area (Å²) in [4.78, 5) is 14.2. The number of methoxy groups -OCH3 is 1. The molecule has 1 fully saturated rings. The number of nitrogens with zero attached hydrogens (tertiary/aromatic N) is 1. The third-order valence-electron chi connectivity index (χ3n) is 3.44. The van der Waals surface area contributed by atoms with Gasteiger partial charge in [-0.15, -0.1) is 0 Å². The van der Waals surface area contributed by atoms with Gasteiger partial charge in [-0.2, -0.15) is 11.8 Å². The molecule has 2 rings (SSSR count). The van der Waals surface area contributed by atoms with E-state index in [1.807, 2.05) is 11.8 Å². The van der Waals surface area contributed by atoms with E-state index in [1.165, 1.54) is 18.2 Å². The molecule has 1 aromatic rings. The van der Waals surface area contributed by atoms with Crippen molar-refractivity contribution < 1.29 is 18.7 Å². The Kier molecular flexibility index (Phi) is 6.12. The highest BCUT2D eigenvalue weighted by atomic mass is 32.2. The largest absolute Gasteiger partial charge is 0.489 e. The smallest absolute Gasteiger partial charge is 0.322 e. The predicted molar refractivity (Wildman–Crippen MR) is 90.9 cm³/mol. The lowest BCUT2D eigenvalue weighted by Crippen LogP contribution is -2.47. The van der Waals surface area contributed by atoms with Crippen molar-refractivity contribution in [2.24, 2.45) is 0 Å². The van der Waals surface area contributed by atoms with Crippen LogP contribution in [0.1, 0.15) is 13.8 Å². The van der Waals surface area contributed by atoms with Crippen LogP contribution in [0, 0.1) is 5.82 Å². The lowest BCUT2D eigenvalue weighted by atomic mass is 10.2. The summed E-state index contributed by atoms with van der Waals surface area (Å²) in [6.07, 6.45) is 0. The molecule has 0 aromatic heterocycles. The number of rotatable bonds is 5. The molecule has 128 valence electrons. The Labute approximate surface area is 140 Å². The van der Waals surface area contributed by atoms with Gasteiger partial charge >= 0.3 is 6.03 Å². The second-order valence-corrected chi connectivity index (χ2v) is 7.74. The third kappa shape index (κ3) is 5.28. The first kappa shape index (κ1) is 17.9. The summed E-state index contributed by atoms with van der Waals surface area (Å²) in [6.45, 7) is 6.30. The fourth-order valence-corrected chi connectivity index (χ4v) is 3.46. The molecule has 7 heteroatoms. The molecule has 0 aliphatic carbocycles. The van der Waals surface area contributed by atoms with E-state index in [1.54, 1.807) is 12.0 Å². The van der Waals surface area contributed by atoms with Crippen LogP contribution >= 0.6 is 11.8 Å². The average Bonchev–Trinajstić information content (AvgIpc) is 2.48. The average molecular weight is 342 g/mol. The van der Waals surface area contributed by atoms with Gasteiger partial charge in [0.25, 0.3) is 0 Å². The topological polar surface area (TPSA) is 50.8 Å². The number of benzene rings is 1. The van der Waals surface area contributed by atoms with Gasteiger partial charge in [0.2, 0.25) is 0 Å². The normalized spacial score (nSPS) is 17.0. The fraction of sp³-hybridized carbons (Fsp3) is 0.562. The molecule has 1 N–H and O–H groups in total. The Balaban J connectivity index is 2.05. The number of carbonyl (C=O) groups excluding carboxylic acids is 1. The van der Waals surface area contributed by atoms with Crippen LogP contribution in [0.5, 0.6) is 5.75 Å². The van der Waals surface area contributed by atoms with Crippen molar-refractivity contribution in [3.63, 3.8) is 0 Å². The highest BCUT2D eigenvalue weighted by Gasteiger charge is 2.30. The number of carbonyl (C=O) groups is 1. The number of anilines is 1. The number of halogens is 1. The van der Waals surface area contributed by atoms with Crippen LogP contribution < -0.4 is 10.1 Å². The molecular formula is C16H23FN2O3S. The molecule has 1 heterocycles. The molecule has 1 saturated heterocycles. The molecule has 1 aliphatic rings. The zero-order valence-corrected chi connectivity index (χ0v) is 14.5. The number of amides is 2. The Hall–Kier alpha value is -1.47. The van der Waals surface area contributed by atoms with Crippen LogP contribution in [0.3, 0.4) is 0 Å². The van der Waals surface area contributed by atoms with Gasteiger partial charge in [-0.3, -0.25) is 0 Å². The van der Waals surface area contributed by atoms with E-state index in [0.29, 0.717) is 37.7 Å². The molecule has 0 spiro atoms. The number of urea groups is 1. The standard InChI is InChI=1S/C16H23FN2O3S/c1-16(2)11-19(6-9-23-16)15(20)18-13-10-12(17)4-5-14(13)22-8-7-21-3/h4-5,10H,6-9,11H2,1-3H3,(H,18,20). The summed E-state index contributed by atoms with van der Waals surface area (Å²) >= 11 is 1.85. The van der Waals surface area contributed by atoms with Crippen molar-refractivity contribution in [3.8, 4) is 5.75 Å². The molecule has 2 amide bonds. The van der Waals surface area contributed by atoms with Gasteiger partial charge in [0.15, 0.2) is 0 Å². The van der Waals surface area contributed by atoms with Gasteiger partial charge < -0.3 is 19.7 Å². The molecule has 0 unspecified atom stereocenters. The Morgan fingerprint density at radius 2 is 2.22 bits per heavy atom. The van der Waals surface area contributed by atoms with Crippen LogP contribution in [0.25, 0.3) is 0 Å². The summed E-state index contributed by atoms with van der Waals surface area (Å²) in [6, 6.07) is 3.85. The van der Waals surface area contributed by atoms with E-state index in [4.69, 9.17) is 9.47 Å². The predicted octanol–water partition coefficient (Wildman–Crippen LogP) is 3.21. The number of hydrogen-bond donors (Lipinski definition) is 1. The molecule has 23 heavy (non-hydrogen) atoms. The van der Waals surface area contributed by atoms with Crippen molar-refractivity contribution in [2.75, 3.05) is 44.5 Å². The molecule has 1 aromatic carbocycles. The first-order chi connectivity index (χ1) is 10.9. The van der Waals surface area contributed by atoms with Gasteiger partial charge in [-0.25, -0.2) is 9.18 Å². The second kappa shape index (κ2) is 7.88. The van der Waals surface area contributed by atoms with E-state index in [2.05, 4.69) is 19.2 Å². The van der Waals surface area contributed by atoms with Crippen LogP contribution in [-0.2, 0) is 4.74 Å². The number of hydrogen-bond acceptors (Lipinski definition) is 4. The van der Waals surface area contributed by atoms with Crippen LogP contribution in [-0.4, -0.2) is 54.8 Å². The zero-order chi connectivity index (χ0) is 16.9. The van der Waals surface area contributed by atoms with Crippen LogP contribution in [0.2, 0.25) is 0 Å². The van der Waals surface area contributed by atoms with Gasteiger partial charge in [0.05, 0.1) is 12.3 Å². The molecule has 0 atom stereocenters. The van der Waals surface area contributed by atoms with E-state index in [-0.39, 0.29) is 10.8 Å². The van der Waals surface area contributed by atoms with Crippen molar-refractivity contribution in [1.29, 1.82) is 0 Å². The molecule has 1 aliphatic heterocycles. The molecule has 0 saturated carbocycles. The van der Waals surface area contributed by atoms with Gasteiger partial charge in [-0.05, 0) is 26.0 Å². The fourth-order valence-electron chi connectivity index (χ4n) is 2.34. The maximum Gasteiger partial charge on any atom is 0.322 e. The molecule has 5 nitrogen and oxygen atoms in total. The van der Waals surface area contributed by atoms with E-state index >= 15 is 0 Å². The van der Waals surface area contributed by atoms with Crippen molar-refractivity contribution in [1.82, 2.24) is 4.90 Å². The quantitative estimate of drug-likeness (QED) is 0.835. The summed E-state index contributed by atoms with van der Waals surface area (Å²) in [5.74, 6) is 0.900. The number of ether oxygens (including phenoxy) is 2.